The number of hydrogen-bond acceptors (Lipinski definition) is 4. The predicted molar refractivity (Wildman–Crippen MR) is 67.3 cm³/mol. The normalized spacial score (nSPS) is 11.6. The first kappa shape index (κ1) is 12.2. The highest BCUT2D eigenvalue weighted by Gasteiger charge is 2.13. The van der Waals surface area contributed by atoms with E-state index >= 15 is 0 Å². The fraction of sp³-hybridized carbons (Fsp3) is 0.182. The molecular weight excluding hydrogens is 256 g/mol. The quantitative estimate of drug-likeness (QED) is 0.921. The van der Waals surface area contributed by atoms with Gasteiger partial charge in [0.05, 0.1) is 22.1 Å². The molecule has 1 heterocycles. The molecule has 0 unspecified atom stereocenters. The van der Waals surface area contributed by atoms with Crippen molar-refractivity contribution in [3.8, 4) is 0 Å². The Kier molecular flexibility index (Phi) is 3.56. The van der Waals surface area contributed by atoms with Gasteiger partial charge in [-0.2, -0.15) is 0 Å². The lowest BCUT2D eigenvalue weighted by Gasteiger charge is -2.04. The molecule has 1 aromatic carbocycles. The average Bonchev–Trinajstić information content (AvgIpc) is 2.74. The molecule has 2 rings (SSSR count). The van der Waals surface area contributed by atoms with Crippen LogP contribution in [0.2, 0.25) is 0 Å². The van der Waals surface area contributed by atoms with E-state index in [-0.39, 0.29) is 11.4 Å². The van der Waals surface area contributed by atoms with E-state index in [1.165, 1.54) is 11.3 Å². The summed E-state index contributed by atoms with van der Waals surface area (Å²) in [6.45, 7) is 2.11. The molecule has 0 radical (unpaired) electrons. The lowest BCUT2D eigenvalue weighted by Crippen LogP contribution is -2.23. The third-order valence-corrected chi connectivity index (χ3v) is 4.40. The fourth-order valence-electron chi connectivity index (χ4n) is 1.34. The number of sulfonamides is 1. The zero-order valence-corrected chi connectivity index (χ0v) is 10.9. The van der Waals surface area contributed by atoms with Crippen LogP contribution in [-0.4, -0.2) is 13.4 Å². The Balaban J connectivity index is 2.09. The van der Waals surface area contributed by atoms with Crippen LogP contribution in [-0.2, 0) is 16.6 Å². The van der Waals surface area contributed by atoms with Crippen molar-refractivity contribution >= 4 is 21.4 Å². The molecule has 4 nitrogen and oxygen atoms in total. The minimum absolute atomic E-state index is 0.224. The molecule has 1 aromatic heterocycles. The molecule has 0 saturated carbocycles. The van der Waals surface area contributed by atoms with E-state index in [2.05, 4.69) is 9.71 Å². The van der Waals surface area contributed by atoms with Crippen molar-refractivity contribution in [3.05, 3.63) is 46.4 Å². The van der Waals surface area contributed by atoms with E-state index < -0.39 is 10.0 Å². The van der Waals surface area contributed by atoms with Crippen LogP contribution in [0.3, 0.4) is 0 Å². The number of thiazole rings is 1. The van der Waals surface area contributed by atoms with Gasteiger partial charge in [-0.05, 0) is 19.1 Å². The summed E-state index contributed by atoms with van der Waals surface area (Å²) in [6.07, 6.45) is 0. The molecule has 0 aliphatic rings. The monoisotopic (exact) mass is 268 g/mol. The predicted octanol–water partition coefficient (Wildman–Crippen LogP) is 1.93. The van der Waals surface area contributed by atoms with E-state index in [0.717, 1.165) is 10.7 Å². The number of aromatic nitrogens is 1. The first-order valence-electron chi connectivity index (χ1n) is 5.04. The summed E-state index contributed by atoms with van der Waals surface area (Å²) in [5.74, 6) is 0. The van der Waals surface area contributed by atoms with Gasteiger partial charge in [-0.3, -0.25) is 0 Å². The van der Waals surface area contributed by atoms with Gasteiger partial charge >= 0.3 is 0 Å². The molecule has 0 aliphatic carbocycles. The lowest BCUT2D eigenvalue weighted by atomic mass is 10.4. The smallest absolute Gasteiger partial charge is 0.240 e. The van der Waals surface area contributed by atoms with Crippen LogP contribution < -0.4 is 4.72 Å². The summed E-state index contributed by atoms with van der Waals surface area (Å²) in [4.78, 5) is 4.47. The minimum Gasteiger partial charge on any atom is -0.245 e. The van der Waals surface area contributed by atoms with Crippen LogP contribution in [0.25, 0.3) is 0 Å². The molecule has 17 heavy (non-hydrogen) atoms. The van der Waals surface area contributed by atoms with Crippen molar-refractivity contribution in [2.75, 3.05) is 0 Å². The second kappa shape index (κ2) is 4.95. The highest BCUT2D eigenvalue weighted by molar-refractivity contribution is 7.89. The van der Waals surface area contributed by atoms with Gasteiger partial charge in [0, 0.05) is 5.38 Å². The molecule has 90 valence electrons. The Morgan fingerprint density at radius 3 is 2.59 bits per heavy atom. The number of nitrogens with one attached hydrogen (secondary N) is 1. The van der Waals surface area contributed by atoms with Gasteiger partial charge < -0.3 is 0 Å². The molecule has 0 spiro atoms. The number of benzene rings is 1. The minimum atomic E-state index is -3.43. The molecule has 2 aromatic rings. The Morgan fingerprint density at radius 2 is 2.00 bits per heavy atom. The largest absolute Gasteiger partial charge is 0.245 e. The van der Waals surface area contributed by atoms with Crippen molar-refractivity contribution in [2.24, 2.45) is 0 Å². The van der Waals surface area contributed by atoms with Gasteiger partial charge in [-0.15, -0.1) is 11.3 Å². The van der Waals surface area contributed by atoms with Gasteiger partial charge in [-0.25, -0.2) is 18.1 Å². The third kappa shape index (κ3) is 3.12. The summed E-state index contributed by atoms with van der Waals surface area (Å²) in [5, 5.41) is 2.78. The van der Waals surface area contributed by atoms with E-state index in [0.29, 0.717) is 0 Å². The summed E-state index contributed by atoms with van der Waals surface area (Å²) >= 11 is 1.50. The molecular formula is C11H12N2O2S2. The fourth-order valence-corrected chi connectivity index (χ4v) is 2.97. The van der Waals surface area contributed by atoms with Crippen LogP contribution in [0.5, 0.6) is 0 Å². The summed E-state index contributed by atoms with van der Waals surface area (Å²) in [6, 6.07) is 8.30. The lowest BCUT2D eigenvalue weighted by molar-refractivity contribution is 0.580. The molecule has 0 atom stereocenters. The second-order valence-corrected chi connectivity index (χ2v) is 6.32. The van der Waals surface area contributed by atoms with Crippen molar-refractivity contribution in [3.63, 3.8) is 0 Å². The number of rotatable bonds is 4. The van der Waals surface area contributed by atoms with E-state index in [1.807, 2.05) is 12.3 Å². The highest BCUT2D eigenvalue weighted by atomic mass is 32.2. The van der Waals surface area contributed by atoms with Crippen molar-refractivity contribution in [1.82, 2.24) is 9.71 Å². The first-order chi connectivity index (χ1) is 8.08. The van der Waals surface area contributed by atoms with E-state index in [4.69, 9.17) is 0 Å². The second-order valence-electron chi connectivity index (χ2n) is 3.50. The maximum atomic E-state index is 11.9. The third-order valence-electron chi connectivity index (χ3n) is 2.16. The van der Waals surface area contributed by atoms with E-state index in [9.17, 15) is 8.42 Å². The molecule has 1 N–H and O–H groups in total. The number of aryl methyl sites for hydroxylation is 1. The number of nitrogens with zero attached hydrogens (tertiary/aromatic N) is 1. The zero-order valence-electron chi connectivity index (χ0n) is 9.25. The summed E-state index contributed by atoms with van der Waals surface area (Å²) in [5.41, 5.74) is 0.743. The molecule has 0 bridgehead atoms. The molecule has 0 fully saturated rings. The van der Waals surface area contributed by atoms with Gasteiger partial charge in [0.1, 0.15) is 0 Å². The Morgan fingerprint density at radius 1 is 1.29 bits per heavy atom. The van der Waals surface area contributed by atoms with E-state index in [1.54, 1.807) is 30.3 Å². The average molecular weight is 268 g/mol. The summed E-state index contributed by atoms with van der Waals surface area (Å²) in [7, 11) is -3.43. The molecule has 0 aliphatic heterocycles. The summed E-state index contributed by atoms with van der Waals surface area (Å²) < 4.78 is 26.3. The molecule has 0 saturated heterocycles. The van der Waals surface area contributed by atoms with Crippen molar-refractivity contribution in [1.29, 1.82) is 0 Å². The standard InChI is InChI=1S/C11H12N2O2S2/c1-9-13-10(8-16-9)7-12-17(14,15)11-5-3-2-4-6-11/h2-6,8,12H,7H2,1H3. The Bertz CT molecular complexity index is 591. The maximum absolute atomic E-state index is 11.9. The van der Waals surface area contributed by atoms with Crippen molar-refractivity contribution in [2.45, 2.75) is 18.4 Å². The van der Waals surface area contributed by atoms with Crippen LogP contribution >= 0.6 is 11.3 Å². The van der Waals surface area contributed by atoms with Crippen LogP contribution in [0.4, 0.5) is 0 Å². The number of hydrogen-bond donors (Lipinski definition) is 1. The SMILES string of the molecule is Cc1nc(CNS(=O)(=O)c2ccccc2)cs1. The maximum Gasteiger partial charge on any atom is 0.240 e. The molecule has 0 amide bonds. The van der Waals surface area contributed by atoms with Gasteiger partial charge in [0.2, 0.25) is 10.0 Å². The van der Waals surface area contributed by atoms with Crippen LogP contribution in [0, 0.1) is 6.92 Å². The highest BCUT2D eigenvalue weighted by Crippen LogP contribution is 2.10. The zero-order chi connectivity index (χ0) is 12.3. The topological polar surface area (TPSA) is 59.1 Å². The Hall–Kier alpha value is -1.24. The molecule has 6 heteroatoms. The first-order valence-corrected chi connectivity index (χ1v) is 7.40. The van der Waals surface area contributed by atoms with Crippen molar-refractivity contribution < 1.29 is 8.42 Å². The van der Waals surface area contributed by atoms with Crippen LogP contribution in [0.15, 0.2) is 40.6 Å². The van der Waals surface area contributed by atoms with Gasteiger partial charge in [-0.1, -0.05) is 18.2 Å². The van der Waals surface area contributed by atoms with Gasteiger partial charge in [0.25, 0.3) is 0 Å². The van der Waals surface area contributed by atoms with Crippen LogP contribution in [0.1, 0.15) is 10.7 Å². The Labute approximate surface area is 104 Å². The van der Waals surface area contributed by atoms with Gasteiger partial charge in [0.15, 0.2) is 0 Å².